The van der Waals surface area contributed by atoms with Crippen LogP contribution in [0.1, 0.15) is 24.0 Å². The highest BCUT2D eigenvalue weighted by Crippen LogP contribution is 2.51. The van der Waals surface area contributed by atoms with Gasteiger partial charge in [0.25, 0.3) is 15.6 Å². The second kappa shape index (κ2) is 11.0. The van der Waals surface area contributed by atoms with Gasteiger partial charge in [0.2, 0.25) is 5.91 Å². The highest BCUT2D eigenvalue weighted by atomic mass is 32.2. The van der Waals surface area contributed by atoms with Crippen molar-refractivity contribution in [1.82, 2.24) is 14.9 Å². The van der Waals surface area contributed by atoms with E-state index in [1.165, 1.54) is 12.5 Å². The minimum atomic E-state index is -6.13. The zero-order valence-electron chi connectivity index (χ0n) is 21.0. The summed E-state index contributed by atoms with van der Waals surface area (Å²) in [6, 6.07) is 4.09. The van der Waals surface area contributed by atoms with Gasteiger partial charge in [-0.3, -0.25) is 9.10 Å². The van der Waals surface area contributed by atoms with Gasteiger partial charge < -0.3 is 15.0 Å². The van der Waals surface area contributed by atoms with Crippen LogP contribution in [0.2, 0.25) is 0 Å². The minimum absolute atomic E-state index is 0.151. The number of carbonyl (C=O) groups excluding carboxylic acids is 1. The molecule has 41 heavy (non-hydrogen) atoms. The molecule has 3 aromatic rings. The number of amides is 1. The van der Waals surface area contributed by atoms with E-state index in [4.69, 9.17) is 0 Å². The molecule has 2 N–H and O–H groups in total. The quantitative estimate of drug-likeness (QED) is 0.376. The molecule has 222 valence electrons. The van der Waals surface area contributed by atoms with E-state index >= 15 is 0 Å². The number of imidazole rings is 1. The first-order valence-corrected chi connectivity index (χ1v) is 13.5. The van der Waals surface area contributed by atoms with Gasteiger partial charge in [0.1, 0.15) is 5.82 Å². The van der Waals surface area contributed by atoms with Crippen molar-refractivity contribution in [2.24, 2.45) is 0 Å². The van der Waals surface area contributed by atoms with E-state index in [0.717, 1.165) is 34.6 Å². The highest BCUT2D eigenvalue weighted by molar-refractivity contribution is 7.92. The van der Waals surface area contributed by atoms with Crippen LogP contribution in [0.3, 0.4) is 0 Å². The van der Waals surface area contributed by atoms with Gasteiger partial charge in [0.05, 0.1) is 23.0 Å². The molecule has 16 heteroatoms. The SMILES string of the molecule is O=C(C[C@@H]1CCc2cc(C(O)(C(F)(F)F)C(F)(F)F)ccc2N1S(=O)(=O)c1ccc(F)cc1)NCCn1ccnc1. The van der Waals surface area contributed by atoms with Crippen LogP contribution in [0, 0.1) is 5.82 Å². The number of benzene rings is 2. The van der Waals surface area contributed by atoms with E-state index in [0.29, 0.717) is 18.7 Å². The molecule has 1 aliphatic rings. The molecule has 1 atom stereocenters. The molecule has 0 fully saturated rings. The summed E-state index contributed by atoms with van der Waals surface area (Å²) in [5.74, 6) is -1.31. The lowest BCUT2D eigenvalue weighted by atomic mass is 9.87. The number of aryl methyl sites for hydroxylation is 1. The first-order chi connectivity index (χ1) is 19.1. The Balaban J connectivity index is 1.71. The number of nitrogens with zero attached hydrogens (tertiary/aromatic N) is 3. The van der Waals surface area contributed by atoms with Crippen LogP contribution in [0.25, 0.3) is 0 Å². The molecule has 1 aliphatic heterocycles. The lowest BCUT2D eigenvalue weighted by Crippen LogP contribution is -2.54. The summed E-state index contributed by atoms with van der Waals surface area (Å²) in [6.07, 6.45) is -8.28. The molecule has 0 saturated heterocycles. The van der Waals surface area contributed by atoms with Crippen molar-refractivity contribution in [3.05, 3.63) is 78.1 Å². The number of hydrogen-bond donors (Lipinski definition) is 2. The number of alkyl halides is 6. The summed E-state index contributed by atoms with van der Waals surface area (Å²) < 4.78 is 124. The molecular weight excluding hydrogens is 585 g/mol. The molecule has 2 aromatic carbocycles. The van der Waals surface area contributed by atoms with E-state index in [1.54, 1.807) is 10.8 Å². The van der Waals surface area contributed by atoms with E-state index < -0.39 is 56.2 Å². The molecule has 4 rings (SSSR count). The summed E-state index contributed by atoms with van der Waals surface area (Å²) in [5.41, 5.74) is -7.24. The number of carbonyl (C=O) groups is 1. The number of hydrogen-bond acceptors (Lipinski definition) is 5. The van der Waals surface area contributed by atoms with Crippen molar-refractivity contribution in [2.45, 2.75) is 54.7 Å². The van der Waals surface area contributed by atoms with Crippen LogP contribution in [0.4, 0.5) is 36.4 Å². The van der Waals surface area contributed by atoms with Crippen LogP contribution in [-0.4, -0.2) is 53.9 Å². The Morgan fingerprint density at radius 2 is 1.71 bits per heavy atom. The van der Waals surface area contributed by atoms with Gasteiger partial charge in [-0.1, -0.05) is 12.1 Å². The number of aromatic nitrogens is 2. The van der Waals surface area contributed by atoms with Crippen molar-refractivity contribution >= 4 is 21.6 Å². The van der Waals surface area contributed by atoms with Crippen LogP contribution < -0.4 is 9.62 Å². The fourth-order valence-corrected chi connectivity index (χ4v) is 6.33. The Morgan fingerprint density at radius 1 is 1.05 bits per heavy atom. The first kappa shape index (κ1) is 30.3. The predicted octanol–water partition coefficient (Wildman–Crippen LogP) is 4.05. The number of anilines is 1. The maximum atomic E-state index is 13.7. The maximum absolute atomic E-state index is 13.7. The maximum Gasteiger partial charge on any atom is 0.430 e. The molecule has 2 heterocycles. The van der Waals surface area contributed by atoms with Gasteiger partial charge >= 0.3 is 12.4 Å². The van der Waals surface area contributed by atoms with Gasteiger partial charge in [0.15, 0.2) is 0 Å². The average molecular weight is 609 g/mol. The largest absolute Gasteiger partial charge is 0.430 e. The first-order valence-electron chi connectivity index (χ1n) is 12.1. The number of rotatable bonds is 8. The Hall–Kier alpha value is -3.66. The summed E-state index contributed by atoms with van der Waals surface area (Å²) in [4.78, 5) is 16.2. The van der Waals surface area contributed by atoms with Crippen molar-refractivity contribution in [3.63, 3.8) is 0 Å². The molecule has 0 spiro atoms. The molecule has 8 nitrogen and oxygen atoms in total. The van der Waals surface area contributed by atoms with E-state index in [1.807, 2.05) is 0 Å². The standard InChI is InChI=1S/C25H23F7N4O4S/c26-18-3-6-20(7-4-18)41(39,40)36-19(14-22(37)34-10-12-35-11-9-33-15-35)5-1-16-13-17(2-8-21(16)36)23(38,24(27,28)29)25(30,31)32/h2-4,6-9,11,13,15,19,38H,1,5,10,12,14H2,(H,34,37)/t19-/m0/s1. The molecule has 1 aromatic heterocycles. The fraction of sp³-hybridized carbons (Fsp3) is 0.360. The average Bonchev–Trinajstić information content (AvgIpc) is 3.40. The molecule has 0 bridgehead atoms. The van der Waals surface area contributed by atoms with Crippen LogP contribution >= 0.6 is 0 Å². The van der Waals surface area contributed by atoms with Crippen LogP contribution in [-0.2, 0) is 33.4 Å². The topological polar surface area (TPSA) is 105 Å². The third kappa shape index (κ3) is 5.88. The molecular formula is C25H23F7N4O4S. The zero-order valence-corrected chi connectivity index (χ0v) is 21.8. The van der Waals surface area contributed by atoms with E-state index in [-0.39, 0.29) is 37.1 Å². The highest BCUT2D eigenvalue weighted by Gasteiger charge is 2.71. The zero-order chi connectivity index (χ0) is 30.2. The van der Waals surface area contributed by atoms with Gasteiger partial charge in [0, 0.05) is 37.5 Å². The van der Waals surface area contributed by atoms with Crippen molar-refractivity contribution in [2.75, 3.05) is 10.8 Å². The Labute approximate surface area is 229 Å². The lowest BCUT2D eigenvalue weighted by molar-refractivity contribution is -0.376. The number of fused-ring (bicyclic) bond motifs is 1. The number of nitrogens with one attached hydrogen (secondary N) is 1. The minimum Gasteiger partial charge on any atom is -0.369 e. The van der Waals surface area contributed by atoms with Crippen molar-refractivity contribution < 1.29 is 49.1 Å². The summed E-state index contributed by atoms with van der Waals surface area (Å²) in [5, 5.41) is 12.5. The lowest BCUT2D eigenvalue weighted by Gasteiger charge is -2.39. The fourth-order valence-electron chi connectivity index (χ4n) is 4.61. The summed E-state index contributed by atoms with van der Waals surface area (Å²) in [7, 11) is -4.58. The van der Waals surface area contributed by atoms with Gasteiger partial charge in [-0.2, -0.15) is 26.3 Å². The predicted molar refractivity (Wildman–Crippen MR) is 130 cm³/mol. The van der Waals surface area contributed by atoms with Crippen molar-refractivity contribution in [3.8, 4) is 0 Å². The smallest absolute Gasteiger partial charge is 0.369 e. The second-order valence-corrected chi connectivity index (χ2v) is 11.2. The monoisotopic (exact) mass is 608 g/mol. The number of aliphatic hydroxyl groups is 1. The Morgan fingerprint density at radius 3 is 2.29 bits per heavy atom. The van der Waals surface area contributed by atoms with Crippen LogP contribution in [0.5, 0.6) is 0 Å². The number of halogens is 7. The Bertz CT molecular complexity index is 1480. The summed E-state index contributed by atoms with van der Waals surface area (Å²) in [6.45, 7) is 0.529. The summed E-state index contributed by atoms with van der Waals surface area (Å²) >= 11 is 0. The van der Waals surface area contributed by atoms with E-state index in [2.05, 4.69) is 10.3 Å². The van der Waals surface area contributed by atoms with Crippen molar-refractivity contribution in [1.29, 1.82) is 0 Å². The normalized spacial score (nSPS) is 16.4. The third-order valence-corrected chi connectivity index (χ3v) is 8.56. The molecule has 0 unspecified atom stereocenters. The van der Waals surface area contributed by atoms with Gasteiger partial charge in [-0.15, -0.1) is 0 Å². The number of sulfonamides is 1. The molecule has 0 radical (unpaired) electrons. The second-order valence-electron chi connectivity index (χ2n) is 9.35. The van der Waals surface area contributed by atoms with Gasteiger partial charge in [-0.25, -0.2) is 17.8 Å². The molecule has 1 amide bonds. The Kier molecular flexibility index (Phi) is 8.10. The van der Waals surface area contributed by atoms with E-state index in [9.17, 15) is 49.1 Å². The third-order valence-electron chi connectivity index (χ3n) is 6.68. The van der Waals surface area contributed by atoms with Gasteiger partial charge in [-0.05, 0) is 48.7 Å². The molecule has 0 saturated carbocycles. The molecule has 0 aliphatic carbocycles. The van der Waals surface area contributed by atoms with Crippen LogP contribution in [0.15, 0.2) is 66.1 Å².